The number of amides is 1. The predicted molar refractivity (Wildman–Crippen MR) is 86.6 cm³/mol. The number of para-hydroxylation sites is 2. The Morgan fingerprint density at radius 2 is 2.13 bits per heavy atom. The Hall–Kier alpha value is -2.70. The number of aromatic nitrogens is 5. The minimum Gasteiger partial charge on any atom is -0.346 e. The molecule has 0 aliphatic rings. The summed E-state index contributed by atoms with van der Waals surface area (Å²) in [6, 6.07) is 7.78. The van der Waals surface area contributed by atoms with E-state index in [1.165, 1.54) is 6.33 Å². The van der Waals surface area contributed by atoms with Gasteiger partial charge in [0.05, 0.1) is 17.1 Å². The molecule has 3 aromatic rings. The van der Waals surface area contributed by atoms with Crippen LogP contribution in [0.3, 0.4) is 0 Å². The maximum absolute atomic E-state index is 12.2. The summed E-state index contributed by atoms with van der Waals surface area (Å²) in [6.07, 6.45) is 1.88. The van der Waals surface area contributed by atoms with E-state index < -0.39 is 0 Å². The first kappa shape index (κ1) is 15.2. The summed E-state index contributed by atoms with van der Waals surface area (Å²) in [7, 11) is 1.81. The number of aryl methyl sites for hydroxylation is 3. The monoisotopic (exact) mass is 312 g/mol. The Bertz CT molecular complexity index is 834. The highest BCUT2D eigenvalue weighted by molar-refractivity contribution is 5.78. The zero-order valence-electron chi connectivity index (χ0n) is 13.5. The van der Waals surface area contributed by atoms with Crippen molar-refractivity contribution in [1.82, 2.24) is 29.6 Å². The fourth-order valence-electron chi connectivity index (χ4n) is 2.77. The minimum absolute atomic E-state index is 0.0160. The van der Waals surface area contributed by atoms with Crippen LogP contribution in [0.5, 0.6) is 0 Å². The van der Waals surface area contributed by atoms with E-state index in [0.29, 0.717) is 13.0 Å². The normalized spacial score (nSPS) is 12.5. The van der Waals surface area contributed by atoms with E-state index >= 15 is 0 Å². The summed E-state index contributed by atoms with van der Waals surface area (Å²) < 4.78 is 3.74. The number of fused-ring (bicyclic) bond motifs is 1. The van der Waals surface area contributed by atoms with Crippen molar-refractivity contribution in [1.29, 1.82) is 0 Å². The van der Waals surface area contributed by atoms with E-state index in [1.54, 1.807) is 4.68 Å². The van der Waals surface area contributed by atoms with Crippen LogP contribution in [-0.4, -0.2) is 30.2 Å². The fourth-order valence-corrected chi connectivity index (χ4v) is 2.77. The van der Waals surface area contributed by atoms with Crippen LogP contribution in [0.2, 0.25) is 0 Å². The highest BCUT2D eigenvalue weighted by atomic mass is 16.1. The van der Waals surface area contributed by atoms with E-state index in [9.17, 15) is 4.79 Å². The summed E-state index contributed by atoms with van der Waals surface area (Å²) in [6.45, 7) is 4.46. The van der Waals surface area contributed by atoms with E-state index in [4.69, 9.17) is 0 Å². The van der Waals surface area contributed by atoms with Crippen molar-refractivity contribution >= 4 is 16.9 Å². The van der Waals surface area contributed by atoms with Crippen LogP contribution >= 0.6 is 0 Å². The maximum Gasteiger partial charge on any atom is 0.222 e. The number of carbonyl (C=O) groups is 1. The molecule has 0 spiro atoms. The molecule has 120 valence electrons. The van der Waals surface area contributed by atoms with Crippen LogP contribution in [0.1, 0.15) is 31.0 Å². The minimum atomic E-state index is -0.171. The van der Waals surface area contributed by atoms with Gasteiger partial charge in [-0.1, -0.05) is 12.1 Å². The molecule has 0 aliphatic carbocycles. The molecule has 2 heterocycles. The quantitative estimate of drug-likeness (QED) is 0.778. The second kappa shape index (κ2) is 6.20. The van der Waals surface area contributed by atoms with Gasteiger partial charge in [0.2, 0.25) is 5.91 Å². The molecular formula is C16H20N6O. The molecule has 1 atom stereocenters. The summed E-state index contributed by atoms with van der Waals surface area (Å²) in [4.78, 5) is 20.9. The molecule has 3 rings (SSSR count). The zero-order chi connectivity index (χ0) is 16.4. The van der Waals surface area contributed by atoms with Crippen LogP contribution in [-0.2, 0) is 18.4 Å². The fraction of sp³-hybridized carbons (Fsp3) is 0.375. The van der Waals surface area contributed by atoms with Gasteiger partial charge in [-0.3, -0.25) is 9.48 Å². The molecule has 0 fully saturated rings. The van der Waals surface area contributed by atoms with Crippen LogP contribution < -0.4 is 5.32 Å². The number of hydrogen-bond donors (Lipinski definition) is 1. The standard InChI is InChI=1S/C16H20N6O/c1-11(16-17-10-18-21(16)3)19-15(23)8-9-22-12(2)20-13-6-4-5-7-14(13)22/h4-7,10-11H,8-9H2,1-3H3,(H,19,23)/t11-/m1/s1. The first-order chi connectivity index (χ1) is 11.1. The lowest BCUT2D eigenvalue weighted by Gasteiger charge is -2.13. The number of hydrogen-bond acceptors (Lipinski definition) is 4. The van der Waals surface area contributed by atoms with Gasteiger partial charge >= 0.3 is 0 Å². The molecule has 0 saturated heterocycles. The van der Waals surface area contributed by atoms with E-state index in [2.05, 4.69) is 25.0 Å². The molecule has 0 radical (unpaired) electrons. The first-order valence-electron chi connectivity index (χ1n) is 7.61. The number of carbonyl (C=O) groups excluding carboxylic acids is 1. The Kier molecular flexibility index (Phi) is 4.10. The van der Waals surface area contributed by atoms with E-state index in [1.807, 2.05) is 45.2 Å². The second-order valence-corrected chi connectivity index (χ2v) is 5.58. The van der Waals surface area contributed by atoms with Crippen LogP contribution in [0.15, 0.2) is 30.6 Å². The molecule has 1 N–H and O–H groups in total. The topological polar surface area (TPSA) is 77.6 Å². The second-order valence-electron chi connectivity index (χ2n) is 5.58. The van der Waals surface area contributed by atoms with Crippen molar-refractivity contribution in [2.75, 3.05) is 0 Å². The molecule has 0 bridgehead atoms. The highest BCUT2D eigenvalue weighted by Gasteiger charge is 2.15. The van der Waals surface area contributed by atoms with Gasteiger partial charge in [0.1, 0.15) is 18.0 Å². The van der Waals surface area contributed by atoms with Crippen LogP contribution in [0.4, 0.5) is 0 Å². The number of rotatable bonds is 5. The zero-order valence-corrected chi connectivity index (χ0v) is 13.5. The number of nitrogens with zero attached hydrogens (tertiary/aromatic N) is 5. The third-order valence-corrected chi connectivity index (χ3v) is 3.92. The smallest absolute Gasteiger partial charge is 0.222 e. The third-order valence-electron chi connectivity index (χ3n) is 3.92. The largest absolute Gasteiger partial charge is 0.346 e. The molecule has 2 aromatic heterocycles. The molecule has 0 saturated carbocycles. The van der Waals surface area contributed by atoms with Gasteiger partial charge < -0.3 is 9.88 Å². The van der Waals surface area contributed by atoms with Gasteiger partial charge in [0.25, 0.3) is 0 Å². The molecule has 7 heteroatoms. The lowest BCUT2D eigenvalue weighted by molar-refractivity contribution is -0.122. The van der Waals surface area contributed by atoms with Crippen molar-refractivity contribution in [3.05, 3.63) is 42.2 Å². The van der Waals surface area contributed by atoms with Crippen molar-refractivity contribution < 1.29 is 4.79 Å². The predicted octanol–water partition coefficient (Wildman–Crippen LogP) is 1.74. The SMILES string of the molecule is Cc1nc2ccccc2n1CCC(=O)N[C@H](C)c1ncnn1C. The molecule has 23 heavy (non-hydrogen) atoms. The Morgan fingerprint density at radius 3 is 2.87 bits per heavy atom. The van der Waals surface area contributed by atoms with Gasteiger partial charge in [-0.25, -0.2) is 9.97 Å². The third kappa shape index (κ3) is 3.08. The Labute approximate surface area is 134 Å². The molecule has 0 aliphatic heterocycles. The van der Waals surface area contributed by atoms with Crippen LogP contribution in [0.25, 0.3) is 11.0 Å². The number of nitrogens with one attached hydrogen (secondary N) is 1. The van der Waals surface area contributed by atoms with Crippen molar-refractivity contribution in [2.45, 2.75) is 32.9 Å². The highest BCUT2D eigenvalue weighted by Crippen LogP contribution is 2.16. The number of benzene rings is 1. The van der Waals surface area contributed by atoms with E-state index in [0.717, 1.165) is 22.7 Å². The summed E-state index contributed by atoms with van der Waals surface area (Å²) in [5, 5.41) is 6.98. The van der Waals surface area contributed by atoms with Gasteiger partial charge in [-0.15, -0.1) is 0 Å². The van der Waals surface area contributed by atoms with Gasteiger partial charge in [-0.05, 0) is 26.0 Å². The van der Waals surface area contributed by atoms with Gasteiger partial charge in [0, 0.05) is 20.0 Å². The summed E-state index contributed by atoms with van der Waals surface area (Å²) in [5.41, 5.74) is 2.01. The lowest BCUT2D eigenvalue weighted by atomic mass is 10.2. The summed E-state index contributed by atoms with van der Waals surface area (Å²) in [5.74, 6) is 1.64. The average molecular weight is 312 g/mol. The first-order valence-corrected chi connectivity index (χ1v) is 7.61. The molecule has 1 amide bonds. The van der Waals surface area contributed by atoms with Crippen molar-refractivity contribution in [3.63, 3.8) is 0 Å². The van der Waals surface area contributed by atoms with E-state index in [-0.39, 0.29) is 11.9 Å². The van der Waals surface area contributed by atoms with Crippen molar-refractivity contribution in [3.8, 4) is 0 Å². The number of imidazole rings is 1. The lowest BCUT2D eigenvalue weighted by Crippen LogP contribution is -2.29. The van der Waals surface area contributed by atoms with Gasteiger partial charge in [0.15, 0.2) is 0 Å². The van der Waals surface area contributed by atoms with Gasteiger partial charge in [-0.2, -0.15) is 5.10 Å². The summed E-state index contributed by atoms with van der Waals surface area (Å²) >= 11 is 0. The molecule has 0 unspecified atom stereocenters. The maximum atomic E-state index is 12.2. The Balaban J connectivity index is 1.64. The Morgan fingerprint density at radius 1 is 1.35 bits per heavy atom. The average Bonchev–Trinajstić information content (AvgIpc) is 3.08. The van der Waals surface area contributed by atoms with Crippen molar-refractivity contribution in [2.24, 2.45) is 7.05 Å². The molecular weight excluding hydrogens is 292 g/mol. The molecule has 1 aromatic carbocycles. The van der Waals surface area contributed by atoms with Crippen LogP contribution in [0, 0.1) is 6.92 Å². The molecule has 7 nitrogen and oxygen atoms in total.